The van der Waals surface area contributed by atoms with Gasteiger partial charge in [0.15, 0.2) is 5.03 Å². The molecule has 16 heavy (non-hydrogen) atoms. The van der Waals surface area contributed by atoms with E-state index in [0.29, 0.717) is 6.54 Å². The van der Waals surface area contributed by atoms with Crippen molar-refractivity contribution in [3.8, 4) is 0 Å². The lowest BCUT2D eigenvalue weighted by Crippen LogP contribution is -2.26. The molecule has 0 radical (unpaired) electrons. The Morgan fingerprint density at radius 3 is 2.75 bits per heavy atom. The van der Waals surface area contributed by atoms with Gasteiger partial charge in [-0.2, -0.15) is 5.10 Å². The lowest BCUT2D eigenvalue weighted by atomic mass is 10.3. The number of alkyl halides is 1. The summed E-state index contributed by atoms with van der Waals surface area (Å²) in [6, 6.07) is 1.49. The molecule has 0 saturated carbocycles. The highest BCUT2D eigenvalue weighted by molar-refractivity contribution is 9.09. The summed E-state index contributed by atoms with van der Waals surface area (Å²) in [7, 11) is -1.79. The Morgan fingerprint density at radius 2 is 2.19 bits per heavy atom. The summed E-state index contributed by atoms with van der Waals surface area (Å²) < 4.78 is 27.4. The third-order valence-corrected chi connectivity index (χ3v) is 4.25. The first-order chi connectivity index (χ1) is 7.58. The highest BCUT2D eigenvalue weighted by Gasteiger charge is 2.16. The van der Waals surface area contributed by atoms with Gasteiger partial charge in [-0.15, -0.1) is 0 Å². The standard InChI is InChI=1S/C9H16BrN3O2S/c1-13-9(5-8-11-13)16(14,15)12-7-4-2-3-6-10/h5,8,12H,2-4,6-7H2,1H3. The van der Waals surface area contributed by atoms with Crippen LogP contribution in [0.25, 0.3) is 0 Å². The Labute approximate surface area is 104 Å². The summed E-state index contributed by atoms with van der Waals surface area (Å²) in [5, 5.41) is 4.99. The van der Waals surface area contributed by atoms with Crippen molar-refractivity contribution in [3.05, 3.63) is 12.3 Å². The maximum absolute atomic E-state index is 11.8. The number of nitrogens with one attached hydrogen (secondary N) is 1. The predicted octanol–water partition coefficient (Wildman–Crippen LogP) is 1.26. The molecule has 0 fully saturated rings. The average molecular weight is 310 g/mol. The zero-order valence-corrected chi connectivity index (χ0v) is 11.6. The molecule has 0 aliphatic carbocycles. The molecule has 0 saturated heterocycles. The van der Waals surface area contributed by atoms with Crippen LogP contribution in [0.3, 0.4) is 0 Å². The van der Waals surface area contributed by atoms with Crippen LogP contribution in [0.5, 0.6) is 0 Å². The van der Waals surface area contributed by atoms with Crippen molar-refractivity contribution in [2.24, 2.45) is 7.05 Å². The molecule has 1 heterocycles. The minimum atomic E-state index is -3.40. The van der Waals surface area contributed by atoms with Crippen molar-refractivity contribution < 1.29 is 8.42 Å². The summed E-state index contributed by atoms with van der Waals surface area (Å²) in [5.41, 5.74) is 0. The van der Waals surface area contributed by atoms with E-state index in [4.69, 9.17) is 0 Å². The van der Waals surface area contributed by atoms with Crippen LogP contribution in [0, 0.1) is 0 Å². The first kappa shape index (κ1) is 13.7. The molecule has 0 bridgehead atoms. The van der Waals surface area contributed by atoms with Gasteiger partial charge in [-0.05, 0) is 18.9 Å². The third-order valence-electron chi connectivity index (χ3n) is 2.15. The smallest absolute Gasteiger partial charge is 0.256 e. The highest BCUT2D eigenvalue weighted by atomic mass is 79.9. The Kier molecular flexibility index (Phi) is 5.43. The molecular formula is C9H16BrN3O2S. The van der Waals surface area contributed by atoms with Crippen LogP contribution >= 0.6 is 15.9 Å². The summed E-state index contributed by atoms with van der Waals surface area (Å²) >= 11 is 3.33. The first-order valence-electron chi connectivity index (χ1n) is 5.11. The van der Waals surface area contributed by atoms with E-state index in [2.05, 4.69) is 25.8 Å². The predicted molar refractivity (Wildman–Crippen MR) is 66.0 cm³/mol. The van der Waals surface area contributed by atoms with Crippen molar-refractivity contribution in [2.45, 2.75) is 24.3 Å². The monoisotopic (exact) mass is 309 g/mol. The van der Waals surface area contributed by atoms with Gasteiger partial charge < -0.3 is 0 Å². The summed E-state index contributed by atoms with van der Waals surface area (Å²) in [6.45, 7) is 0.473. The fourth-order valence-corrected chi connectivity index (χ4v) is 2.89. The summed E-state index contributed by atoms with van der Waals surface area (Å²) in [5.74, 6) is 0. The lowest BCUT2D eigenvalue weighted by molar-refractivity contribution is 0.559. The van der Waals surface area contributed by atoms with Crippen LogP contribution in [-0.4, -0.2) is 30.1 Å². The number of hydrogen-bond donors (Lipinski definition) is 1. The second kappa shape index (κ2) is 6.36. The molecule has 1 aromatic rings. The average Bonchev–Trinajstić information content (AvgIpc) is 2.65. The fourth-order valence-electron chi connectivity index (χ4n) is 1.30. The second-order valence-corrected chi connectivity index (χ2v) is 5.95. The van der Waals surface area contributed by atoms with Gasteiger partial charge in [0.25, 0.3) is 10.0 Å². The molecule has 1 rings (SSSR count). The van der Waals surface area contributed by atoms with Gasteiger partial charge in [-0.1, -0.05) is 22.4 Å². The van der Waals surface area contributed by atoms with Crippen LogP contribution in [0.4, 0.5) is 0 Å². The molecule has 0 atom stereocenters. The van der Waals surface area contributed by atoms with E-state index < -0.39 is 10.0 Å². The van der Waals surface area contributed by atoms with E-state index in [1.54, 1.807) is 7.05 Å². The minimum absolute atomic E-state index is 0.202. The topological polar surface area (TPSA) is 64.0 Å². The van der Waals surface area contributed by atoms with E-state index in [-0.39, 0.29) is 5.03 Å². The van der Waals surface area contributed by atoms with Crippen LogP contribution < -0.4 is 4.72 Å². The highest BCUT2D eigenvalue weighted by Crippen LogP contribution is 2.06. The van der Waals surface area contributed by atoms with Gasteiger partial charge in [-0.25, -0.2) is 13.1 Å². The molecule has 0 aromatic carbocycles. The molecule has 0 aliphatic rings. The van der Waals surface area contributed by atoms with Gasteiger partial charge in [0.2, 0.25) is 0 Å². The van der Waals surface area contributed by atoms with Crippen LogP contribution in [0.15, 0.2) is 17.3 Å². The quantitative estimate of drug-likeness (QED) is 0.609. The number of halogens is 1. The first-order valence-corrected chi connectivity index (χ1v) is 7.72. The third kappa shape index (κ3) is 3.88. The molecule has 0 amide bonds. The fraction of sp³-hybridized carbons (Fsp3) is 0.667. The zero-order valence-electron chi connectivity index (χ0n) is 9.19. The van der Waals surface area contributed by atoms with Crippen molar-refractivity contribution in [1.82, 2.24) is 14.5 Å². The molecule has 7 heteroatoms. The van der Waals surface area contributed by atoms with Crippen LogP contribution in [-0.2, 0) is 17.1 Å². The summed E-state index contributed by atoms with van der Waals surface area (Å²) in [6.07, 6.45) is 4.40. The largest absolute Gasteiger partial charge is 0.257 e. The van der Waals surface area contributed by atoms with Crippen molar-refractivity contribution >= 4 is 26.0 Å². The van der Waals surface area contributed by atoms with Crippen molar-refractivity contribution in [3.63, 3.8) is 0 Å². The van der Waals surface area contributed by atoms with Crippen molar-refractivity contribution in [2.75, 3.05) is 11.9 Å². The lowest BCUT2D eigenvalue weighted by Gasteiger charge is -2.06. The molecule has 1 aromatic heterocycles. The Hall–Kier alpha value is -0.400. The SMILES string of the molecule is Cn1nccc1S(=O)(=O)NCCCCCBr. The second-order valence-electron chi connectivity index (χ2n) is 3.44. The maximum Gasteiger partial charge on any atom is 0.257 e. The normalized spacial score (nSPS) is 11.9. The zero-order chi connectivity index (χ0) is 12.0. The number of unbranched alkanes of at least 4 members (excludes halogenated alkanes) is 2. The van der Waals surface area contributed by atoms with E-state index in [1.165, 1.54) is 16.9 Å². The number of hydrogen-bond acceptors (Lipinski definition) is 3. The Morgan fingerprint density at radius 1 is 1.44 bits per heavy atom. The number of rotatable bonds is 7. The number of nitrogens with zero attached hydrogens (tertiary/aromatic N) is 2. The Bertz CT molecular complexity index is 416. The van der Waals surface area contributed by atoms with E-state index in [1.807, 2.05) is 0 Å². The molecular weight excluding hydrogens is 294 g/mol. The summed E-state index contributed by atoms with van der Waals surface area (Å²) in [4.78, 5) is 0. The molecule has 0 unspecified atom stereocenters. The van der Waals surface area contributed by atoms with E-state index >= 15 is 0 Å². The van der Waals surface area contributed by atoms with Gasteiger partial charge in [-0.3, -0.25) is 4.68 Å². The molecule has 92 valence electrons. The maximum atomic E-state index is 11.8. The molecule has 0 spiro atoms. The molecule has 1 N–H and O–H groups in total. The molecule has 0 aliphatic heterocycles. The van der Waals surface area contributed by atoms with Crippen molar-refractivity contribution in [1.29, 1.82) is 0 Å². The number of sulfonamides is 1. The van der Waals surface area contributed by atoms with E-state index in [0.717, 1.165) is 24.6 Å². The minimum Gasteiger partial charge on any atom is -0.256 e. The Balaban J connectivity index is 2.45. The van der Waals surface area contributed by atoms with Gasteiger partial charge in [0, 0.05) is 18.9 Å². The van der Waals surface area contributed by atoms with Gasteiger partial charge in [0.1, 0.15) is 0 Å². The number of aromatic nitrogens is 2. The van der Waals surface area contributed by atoms with Gasteiger partial charge >= 0.3 is 0 Å². The van der Waals surface area contributed by atoms with Crippen LogP contribution in [0.1, 0.15) is 19.3 Å². The number of aryl methyl sites for hydroxylation is 1. The van der Waals surface area contributed by atoms with E-state index in [9.17, 15) is 8.42 Å². The van der Waals surface area contributed by atoms with Crippen LogP contribution in [0.2, 0.25) is 0 Å². The molecule has 5 nitrogen and oxygen atoms in total. The van der Waals surface area contributed by atoms with Gasteiger partial charge in [0.05, 0.1) is 6.20 Å².